The van der Waals surface area contributed by atoms with Crippen molar-refractivity contribution in [2.24, 2.45) is 5.73 Å². The fourth-order valence-corrected chi connectivity index (χ4v) is 3.55. The van der Waals surface area contributed by atoms with E-state index in [9.17, 15) is 0 Å². The van der Waals surface area contributed by atoms with E-state index in [1.54, 1.807) is 0 Å². The van der Waals surface area contributed by atoms with Crippen molar-refractivity contribution < 1.29 is 0 Å². The lowest BCUT2D eigenvalue weighted by Crippen LogP contribution is -2.49. The molecule has 2 unspecified atom stereocenters. The van der Waals surface area contributed by atoms with Crippen LogP contribution in [0.5, 0.6) is 0 Å². The zero-order chi connectivity index (χ0) is 14.9. The molecule has 2 heteroatoms. The van der Waals surface area contributed by atoms with Gasteiger partial charge in [-0.3, -0.25) is 4.90 Å². The molecular weight excluding hydrogens is 244 g/mol. The van der Waals surface area contributed by atoms with E-state index < -0.39 is 0 Å². The zero-order valence-corrected chi connectivity index (χ0v) is 13.7. The third-order valence-corrected chi connectivity index (χ3v) is 4.37. The van der Waals surface area contributed by atoms with Crippen LogP contribution in [0, 0.1) is 13.8 Å². The molecule has 1 aromatic rings. The second kappa shape index (κ2) is 5.87. The number of nitrogens with zero attached hydrogens (tertiary/aromatic N) is 1. The first-order valence-electron chi connectivity index (χ1n) is 7.89. The second-order valence-electron chi connectivity index (χ2n) is 7.39. The molecule has 112 valence electrons. The predicted molar refractivity (Wildman–Crippen MR) is 86.9 cm³/mol. The SMILES string of the molecule is Cc1cc(C)cc(C2C(N)CCCCN2C(C)(C)C)c1. The van der Waals surface area contributed by atoms with Crippen molar-refractivity contribution in [1.82, 2.24) is 4.90 Å². The quantitative estimate of drug-likeness (QED) is 0.840. The fraction of sp³-hybridized carbons (Fsp3) is 0.667. The fourth-order valence-electron chi connectivity index (χ4n) is 3.55. The van der Waals surface area contributed by atoms with Crippen molar-refractivity contribution >= 4 is 0 Å². The van der Waals surface area contributed by atoms with Crippen LogP contribution in [0.25, 0.3) is 0 Å². The van der Waals surface area contributed by atoms with Gasteiger partial charge in [0.1, 0.15) is 0 Å². The third-order valence-electron chi connectivity index (χ3n) is 4.37. The second-order valence-corrected chi connectivity index (χ2v) is 7.39. The van der Waals surface area contributed by atoms with Gasteiger partial charge in [-0.1, -0.05) is 35.7 Å². The Labute approximate surface area is 124 Å². The number of aryl methyl sites for hydroxylation is 2. The molecule has 0 radical (unpaired) electrons. The Bertz CT molecular complexity index is 439. The zero-order valence-electron chi connectivity index (χ0n) is 13.7. The highest BCUT2D eigenvalue weighted by molar-refractivity contribution is 5.32. The van der Waals surface area contributed by atoms with Crippen molar-refractivity contribution in [3.63, 3.8) is 0 Å². The molecule has 1 aliphatic heterocycles. The molecule has 2 rings (SSSR count). The molecule has 0 aromatic heterocycles. The number of rotatable bonds is 1. The number of hydrogen-bond donors (Lipinski definition) is 1. The highest BCUT2D eigenvalue weighted by Crippen LogP contribution is 2.35. The number of nitrogens with two attached hydrogens (primary N) is 1. The summed E-state index contributed by atoms with van der Waals surface area (Å²) >= 11 is 0. The first-order valence-corrected chi connectivity index (χ1v) is 7.89. The van der Waals surface area contributed by atoms with Crippen LogP contribution in [0.3, 0.4) is 0 Å². The van der Waals surface area contributed by atoms with E-state index in [1.165, 1.54) is 29.5 Å². The molecule has 0 saturated carbocycles. The summed E-state index contributed by atoms with van der Waals surface area (Å²) < 4.78 is 0. The Balaban J connectivity index is 2.45. The molecular formula is C18H30N2. The summed E-state index contributed by atoms with van der Waals surface area (Å²) in [5, 5.41) is 0. The van der Waals surface area contributed by atoms with E-state index in [0.29, 0.717) is 6.04 Å². The lowest BCUT2D eigenvalue weighted by atomic mass is 9.91. The lowest BCUT2D eigenvalue weighted by Gasteiger charge is -2.43. The van der Waals surface area contributed by atoms with Crippen LogP contribution in [0.2, 0.25) is 0 Å². The maximum Gasteiger partial charge on any atom is 0.0504 e. The molecule has 2 N–H and O–H groups in total. The van der Waals surface area contributed by atoms with Gasteiger partial charge < -0.3 is 5.73 Å². The lowest BCUT2D eigenvalue weighted by molar-refractivity contribution is 0.0755. The van der Waals surface area contributed by atoms with Crippen LogP contribution >= 0.6 is 0 Å². The van der Waals surface area contributed by atoms with Crippen molar-refractivity contribution in [3.05, 3.63) is 34.9 Å². The number of likely N-dealkylation sites (tertiary alicyclic amines) is 1. The third kappa shape index (κ3) is 3.42. The molecule has 2 atom stereocenters. The van der Waals surface area contributed by atoms with E-state index in [4.69, 9.17) is 5.73 Å². The normalized spacial score (nSPS) is 25.5. The van der Waals surface area contributed by atoms with Crippen LogP contribution in [0.15, 0.2) is 18.2 Å². The summed E-state index contributed by atoms with van der Waals surface area (Å²) in [4.78, 5) is 2.61. The molecule has 1 aliphatic rings. The minimum absolute atomic E-state index is 0.157. The van der Waals surface area contributed by atoms with Crippen LogP contribution in [0.1, 0.15) is 62.8 Å². The van der Waals surface area contributed by atoms with E-state index >= 15 is 0 Å². The van der Waals surface area contributed by atoms with Crippen LogP contribution in [-0.4, -0.2) is 23.0 Å². The van der Waals surface area contributed by atoms with E-state index in [-0.39, 0.29) is 11.6 Å². The Morgan fingerprint density at radius 2 is 1.65 bits per heavy atom. The van der Waals surface area contributed by atoms with Crippen molar-refractivity contribution in [2.45, 2.75) is 71.5 Å². The Morgan fingerprint density at radius 1 is 1.05 bits per heavy atom. The average Bonchev–Trinajstić information content (AvgIpc) is 2.48. The van der Waals surface area contributed by atoms with Gasteiger partial charge in [0.2, 0.25) is 0 Å². The van der Waals surface area contributed by atoms with Gasteiger partial charge in [0, 0.05) is 11.6 Å². The summed E-state index contributed by atoms with van der Waals surface area (Å²) in [6.07, 6.45) is 3.63. The van der Waals surface area contributed by atoms with Crippen molar-refractivity contribution in [2.75, 3.05) is 6.54 Å². The van der Waals surface area contributed by atoms with Gasteiger partial charge in [0.05, 0.1) is 6.04 Å². The summed E-state index contributed by atoms with van der Waals surface area (Å²) in [5.74, 6) is 0. The van der Waals surface area contributed by atoms with Gasteiger partial charge in [-0.2, -0.15) is 0 Å². The van der Waals surface area contributed by atoms with Crippen LogP contribution in [-0.2, 0) is 0 Å². The number of benzene rings is 1. The highest BCUT2D eigenvalue weighted by Gasteiger charge is 2.35. The van der Waals surface area contributed by atoms with E-state index in [2.05, 4.69) is 57.7 Å². The average molecular weight is 274 g/mol. The molecule has 0 amide bonds. The monoisotopic (exact) mass is 274 g/mol. The molecule has 1 saturated heterocycles. The standard InChI is InChI=1S/C18H30N2/c1-13-10-14(2)12-15(11-13)17-16(19)8-6-7-9-20(17)18(3,4)5/h10-12,16-17H,6-9,19H2,1-5H3. The van der Waals surface area contributed by atoms with Crippen molar-refractivity contribution in [3.8, 4) is 0 Å². The smallest absolute Gasteiger partial charge is 0.0504 e. The molecule has 1 fully saturated rings. The van der Waals surface area contributed by atoms with E-state index in [1.807, 2.05) is 0 Å². The minimum Gasteiger partial charge on any atom is -0.326 e. The Hall–Kier alpha value is -0.860. The maximum atomic E-state index is 6.56. The van der Waals surface area contributed by atoms with Crippen molar-refractivity contribution in [1.29, 1.82) is 0 Å². The highest BCUT2D eigenvalue weighted by atomic mass is 15.2. The predicted octanol–water partition coefficient (Wildman–Crippen LogP) is 3.96. The Morgan fingerprint density at radius 3 is 2.20 bits per heavy atom. The molecule has 0 spiro atoms. The van der Waals surface area contributed by atoms with Gasteiger partial charge in [-0.25, -0.2) is 0 Å². The van der Waals surface area contributed by atoms with Gasteiger partial charge >= 0.3 is 0 Å². The summed E-state index contributed by atoms with van der Waals surface area (Å²) in [5.41, 5.74) is 10.8. The van der Waals surface area contributed by atoms with Gasteiger partial charge in [0.15, 0.2) is 0 Å². The molecule has 20 heavy (non-hydrogen) atoms. The summed E-state index contributed by atoms with van der Waals surface area (Å²) in [6.45, 7) is 12.4. The molecule has 0 aliphatic carbocycles. The molecule has 2 nitrogen and oxygen atoms in total. The minimum atomic E-state index is 0.157. The first-order chi connectivity index (χ1) is 9.29. The summed E-state index contributed by atoms with van der Waals surface area (Å²) in [6, 6.07) is 7.46. The largest absolute Gasteiger partial charge is 0.326 e. The molecule has 1 heterocycles. The van der Waals surface area contributed by atoms with Crippen LogP contribution < -0.4 is 5.73 Å². The number of hydrogen-bond acceptors (Lipinski definition) is 2. The van der Waals surface area contributed by atoms with Crippen LogP contribution in [0.4, 0.5) is 0 Å². The van der Waals surface area contributed by atoms with Gasteiger partial charge in [0.25, 0.3) is 0 Å². The molecule has 0 bridgehead atoms. The first kappa shape index (κ1) is 15.5. The Kier molecular flexibility index (Phi) is 4.55. The van der Waals surface area contributed by atoms with Gasteiger partial charge in [-0.05, 0) is 59.6 Å². The van der Waals surface area contributed by atoms with Gasteiger partial charge in [-0.15, -0.1) is 0 Å². The summed E-state index contributed by atoms with van der Waals surface area (Å²) in [7, 11) is 0. The topological polar surface area (TPSA) is 29.3 Å². The molecule has 1 aromatic carbocycles. The maximum absolute atomic E-state index is 6.56. The van der Waals surface area contributed by atoms with E-state index in [0.717, 1.165) is 13.0 Å².